The minimum atomic E-state index is -3.91. The van der Waals surface area contributed by atoms with Crippen LogP contribution in [0.5, 0.6) is 0 Å². The number of nitrogens with one attached hydrogen (secondary N) is 2. The molecule has 144 valence electrons. The molecule has 0 unspecified atom stereocenters. The Morgan fingerprint density at radius 1 is 1.15 bits per heavy atom. The molecule has 1 amide bonds. The van der Waals surface area contributed by atoms with Gasteiger partial charge in [-0.2, -0.15) is 0 Å². The van der Waals surface area contributed by atoms with Gasteiger partial charge in [0, 0.05) is 17.6 Å². The summed E-state index contributed by atoms with van der Waals surface area (Å²) in [6, 6.07) is 6.87. The highest BCUT2D eigenvalue weighted by Gasteiger charge is 2.17. The lowest BCUT2D eigenvalue weighted by molar-refractivity contribution is -0.113. The van der Waals surface area contributed by atoms with E-state index in [1.807, 2.05) is 0 Å². The summed E-state index contributed by atoms with van der Waals surface area (Å²) in [6.45, 7) is 5.02. The number of carbonyl (C=O) groups excluding carboxylic acids is 1. The molecule has 0 saturated heterocycles. The zero-order valence-electron chi connectivity index (χ0n) is 14.4. The number of rotatable bonds is 8. The largest absolute Gasteiger partial charge is 0.325 e. The van der Waals surface area contributed by atoms with E-state index in [1.165, 1.54) is 36.5 Å². The number of hydrogen-bond acceptors (Lipinski definition) is 7. The van der Waals surface area contributed by atoms with Crippen molar-refractivity contribution in [3.63, 3.8) is 0 Å². The van der Waals surface area contributed by atoms with Crippen molar-refractivity contribution >= 4 is 37.4 Å². The molecular formula is C16H18N4O5S2. The molecule has 0 spiro atoms. The van der Waals surface area contributed by atoms with Crippen molar-refractivity contribution in [3.05, 3.63) is 54.9 Å². The third-order valence-electron chi connectivity index (χ3n) is 3.19. The van der Waals surface area contributed by atoms with Crippen LogP contribution in [0.1, 0.15) is 5.69 Å². The molecule has 0 aliphatic carbocycles. The van der Waals surface area contributed by atoms with Crippen LogP contribution in [-0.4, -0.2) is 44.2 Å². The molecule has 0 bridgehead atoms. The van der Waals surface area contributed by atoms with Crippen molar-refractivity contribution in [1.82, 2.24) is 9.97 Å². The Hall–Kier alpha value is -2.79. The fourth-order valence-electron chi connectivity index (χ4n) is 2.03. The van der Waals surface area contributed by atoms with E-state index in [4.69, 9.17) is 0 Å². The molecule has 0 saturated carbocycles. The first-order valence-electron chi connectivity index (χ1n) is 7.65. The minimum absolute atomic E-state index is 0.0557. The molecule has 1 heterocycles. The number of nitrogens with zero attached hydrogens (tertiary/aromatic N) is 2. The maximum absolute atomic E-state index is 12.3. The van der Waals surface area contributed by atoms with E-state index in [-0.39, 0.29) is 22.3 Å². The number of hydrogen-bond donors (Lipinski definition) is 2. The Morgan fingerprint density at radius 3 is 2.41 bits per heavy atom. The smallest absolute Gasteiger partial charge is 0.264 e. The van der Waals surface area contributed by atoms with Crippen LogP contribution in [0.4, 0.5) is 11.6 Å². The Morgan fingerprint density at radius 2 is 1.81 bits per heavy atom. The van der Waals surface area contributed by atoms with Crippen LogP contribution in [0.3, 0.4) is 0 Å². The first-order valence-corrected chi connectivity index (χ1v) is 11.0. The molecule has 11 heteroatoms. The first-order chi connectivity index (χ1) is 12.6. The summed E-state index contributed by atoms with van der Waals surface area (Å²) in [7, 11) is -7.48. The fraction of sp³-hybridized carbons (Fsp3) is 0.188. The average molecular weight is 410 g/mol. The summed E-state index contributed by atoms with van der Waals surface area (Å²) < 4.78 is 50.1. The van der Waals surface area contributed by atoms with Gasteiger partial charge >= 0.3 is 0 Å². The van der Waals surface area contributed by atoms with Gasteiger partial charge < -0.3 is 5.32 Å². The monoisotopic (exact) mass is 410 g/mol. The molecule has 1 aromatic carbocycles. The van der Waals surface area contributed by atoms with Crippen molar-refractivity contribution in [2.75, 3.05) is 21.5 Å². The fourth-order valence-corrected chi connectivity index (χ4v) is 3.93. The van der Waals surface area contributed by atoms with E-state index < -0.39 is 31.5 Å². The molecule has 0 atom stereocenters. The second-order valence-corrected chi connectivity index (χ2v) is 9.33. The Bertz CT molecular complexity index is 1050. The van der Waals surface area contributed by atoms with Crippen LogP contribution in [0, 0.1) is 6.92 Å². The summed E-state index contributed by atoms with van der Waals surface area (Å²) in [5.74, 6) is -1.77. The van der Waals surface area contributed by atoms with Gasteiger partial charge in [0.25, 0.3) is 10.0 Å². The average Bonchev–Trinajstić information content (AvgIpc) is 2.54. The number of aromatic nitrogens is 2. The molecule has 0 fully saturated rings. The lowest BCUT2D eigenvalue weighted by atomic mass is 10.3. The highest BCUT2D eigenvalue weighted by atomic mass is 32.2. The normalized spacial score (nSPS) is 11.6. The number of benzene rings is 1. The maximum Gasteiger partial charge on any atom is 0.264 e. The topological polar surface area (TPSA) is 135 Å². The van der Waals surface area contributed by atoms with Gasteiger partial charge in [-0.1, -0.05) is 6.08 Å². The second-order valence-electron chi connectivity index (χ2n) is 5.54. The summed E-state index contributed by atoms with van der Waals surface area (Å²) in [6.07, 6.45) is 2.63. The van der Waals surface area contributed by atoms with Crippen molar-refractivity contribution in [1.29, 1.82) is 0 Å². The molecule has 0 aliphatic rings. The molecule has 2 aromatic rings. The third-order valence-corrected chi connectivity index (χ3v) is 5.98. The van der Waals surface area contributed by atoms with Gasteiger partial charge in [0.15, 0.2) is 9.84 Å². The molecule has 2 N–H and O–H groups in total. The predicted octanol–water partition coefficient (Wildman–Crippen LogP) is 1.13. The van der Waals surface area contributed by atoms with Crippen LogP contribution in [0.15, 0.2) is 54.1 Å². The Labute approximate surface area is 157 Å². The van der Waals surface area contributed by atoms with Gasteiger partial charge in [0.05, 0.1) is 10.6 Å². The van der Waals surface area contributed by atoms with Crippen LogP contribution in [0.2, 0.25) is 0 Å². The number of sulfonamides is 1. The molecule has 9 nitrogen and oxygen atoms in total. The molecule has 2 rings (SSSR count). The van der Waals surface area contributed by atoms with Gasteiger partial charge in [-0.15, -0.1) is 6.58 Å². The van der Waals surface area contributed by atoms with E-state index >= 15 is 0 Å². The minimum Gasteiger partial charge on any atom is -0.325 e. The standard InChI is InChI=1S/C16H18N4O5S2/c1-3-10-26(22,23)11-15(21)19-13-4-6-14(7-5-13)27(24,25)20-16-17-9-8-12(2)18-16/h3-9H,1,10-11H2,2H3,(H,19,21)(H,17,18,20). The molecular weight excluding hydrogens is 392 g/mol. The number of aryl methyl sites for hydroxylation is 1. The van der Waals surface area contributed by atoms with E-state index in [0.717, 1.165) is 0 Å². The number of amides is 1. The quantitative estimate of drug-likeness (QED) is 0.623. The molecule has 0 radical (unpaired) electrons. The first kappa shape index (κ1) is 20.5. The van der Waals surface area contributed by atoms with E-state index in [9.17, 15) is 21.6 Å². The van der Waals surface area contributed by atoms with Crippen LogP contribution < -0.4 is 10.0 Å². The second kappa shape index (κ2) is 8.27. The van der Waals surface area contributed by atoms with E-state index in [0.29, 0.717) is 5.69 Å². The van der Waals surface area contributed by atoms with Crippen LogP contribution >= 0.6 is 0 Å². The van der Waals surface area contributed by atoms with Crippen LogP contribution in [-0.2, 0) is 24.7 Å². The van der Waals surface area contributed by atoms with Crippen molar-refractivity contribution in [3.8, 4) is 0 Å². The number of sulfone groups is 1. The lowest BCUT2D eigenvalue weighted by Crippen LogP contribution is -2.24. The van der Waals surface area contributed by atoms with E-state index in [2.05, 4.69) is 26.6 Å². The highest BCUT2D eigenvalue weighted by Crippen LogP contribution is 2.16. The lowest BCUT2D eigenvalue weighted by Gasteiger charge is -2.09. The molecule has 1 aromatic heterocycles. The zero-order chi connectivity index (χ0) is 20.1. The summed E-state index contributed by atoms with van der Waals surface area (Å²) in [5.41, 5.74) is 0.867. The Balaban J connectivity index is 2.07. The van der Waals surface area contributed by atoms with Crippen molar-refractivity contribution in [2.24, 2.45) is 0 Å². The summed E-state index contributed by atoms with van der Waals surface area (Å²) in [4.78, 5) is 19.5. The molecule has 0 aliphatic heterocycles. The third kappa shape index (κ3) is 6.15. The maximum atomic E-state index is 12.3. The number of anilines is 2. The van der Waals surface area contributed by atoms with Crippen molar-refractivity contribution in [2.45, 2.75) is 11.8 Å². The van der Waals surface area contributed by atoms with Gasteiger partial charge in [-0.3, -0.25) is 4.79 Å². The van der Waals surface area contributed by atoms with Gasteiger partial charge in [-0.25, -0.2) is 31.5 Å². The van der Waals surface area contributed by atoms with Crippen LogP contribution in [0.25, 0.3) is 0 Å². The Kier molecular flexibility index (Phi) is 6.28. The number of carbonyl (C=O) groups is 1. The summed E-state index contributed by atoms with van der Waals surface area (Å²) in [5, 5.41) is 2.40. The molecule has 27 heavy (non-hydrogen) atoms. The summed E-state index contributed by atoms with van der Waals surface area (Å²) >= 11 is 0. The SMILES string of the molecule is C=CCS(=O)(=O)CC(=O)Nc1ccc(S(=O)(=O)Nc2nccc(C)n2)cc1. The van der Waals surface area contributed by atoms with Crippen molar-refractivity contribution < 1.29 is 21.6 Å². The van der Waals surface area contributed by atoms with Gasteiger partial charge in [0.2, 0.25) is 11.9 Å². The zero-order valence-corrected chi connectivity index (χ0v) is 16.0. The van der Waals surface area contributed by atoms with E-state index in [1.54, 1.807) is 13.0 Å². The predicted molar refractivity (Wildman–Crippen MR) is 102 cm³/mol. The van der Waals surface area contributed by atoms with Gasteiger partial charge in [-0.05, 0) is 37.3 Å². The van der Waals surface area contributed by atoms with Gasteiger partial charge in [0.1, 0.15) is 5.75 Å². The highest BCUT2D eigenvalue weighted by molar-refractivity contribution is 7.92.